The molecule has 0 aromatic carbocycles. The Kier molecular flexibility index (Phi) is 3.79. The molecule has 0 heterocycles. The summed E-state index contributed by atoms with van der Waals surface area (Å²) in [5.74, 6) is -0.996. The molecule has 0 amide bonds. The van der Waals surface area contributed by atoms with Gasteiger partial charge in [-0.3, -0.25) is 4.79 Å². The molecule has 3 nitrogen and oxygen atoms in total. The number of Topliss-reactive ketones (excluding diaryl/α,β-unsaturated/α-hetero) is 1. The van der Waals surface area contributed by atoms with Gasteiger partial charge in [0.1, 0.15) is 5.57 Å². The van der Waals surface area contributed by atoms with E-state index in [2.05, 4.69) is 17.4 Å². The van der Waals surface area contributed by atoms with Crippen LogP contribution in [0.15, 0.2) is 11.0 Å². The third-order valence-corrected chi connectivity index (χ3v) is 1.17. The lowest BCUT2D eigenvalue weighted by Gasteiger charge is -1.97. The summed E-state index contributed by atoms with van der Waals surface area (Å²) < 4.78 is 4.29. The minimum Gasteiger partial charge on any atom is -0.465 e. The number of ether oxygens (including phenoxy) is 1. The number of carbonyl (C=O) groups excluding carboxylic acids is 2. The van der Waals surface area contributed by atoms with E-state index in [9.17, 15) is 9.59 Å². The summed E-state index contributed by atoms with van der Waals surface area (Å²) in [7, 11) is 1.21. The molecule has 0 N–H and O–H groups in total. The summed E-state index contributed by atoms with van der Waals surface area (Å²) in [6.45, 7) is 1.28. The van der Waals surface area contributed by atoms with E-state index in [1.165, 1.54) is 14.0 Å². The molecule has 0 bridgehead atoms. The van der Waals surface area contributed by atoms with Crippen LogP contribution in [0.5, 0.6) is 0 Å². The van der Waals surface area contributed by atoms with Crippen LogP contribution in [0.1, 0.15) is 6.92 Å². The number of ketones is 1. The number of hydrogen-bond acceptors (Lipinski definition) is 4. The molecule has 0 atom stereocenters. The molecule has 0 aromatic rings. The highest BCUT2D eigenvalue weighted by Crippen LogP contribution is 2.00. The van der Waals surface area contributed by atoms with Crippen LogP contribution in [0.2, 0.25) is 0 Å². The maximum atomic E-state index is 10.6. The van der Waals surface area contributed by atoms with Crippen molar-refractivity contribution in [2.75, 3.05) is 7.11 Å². The van der Waals surface area contributed by atoms with Gasteiger partial charge >= 0.3 is 5.97 Å². The van der Waals surface area contributed by atoms with Crippen molar-refractivity contribution in [3.05, 3.63) is 11.0 Å². The second kappa shape index (κ2) is 4.11. The average molecular weight is 160 g/mol. The fraction of sp³-hybridized carbons (Fsp3) is 0.333. The lowest BCUT2D eigenvalue weighted by molar-refractivity contribution is -0.137. The maximum absolute atomic E-state index is 10.6. The second-order valence-electron chi connectivity index (χ2n) is 1.59. The monoisotopic (exact) mass is 160 g/mol. The predicted molar refractivity (Wildman–Crippen MR) is 39.8 cm³/mol. The highest BCUT2D eigenvalue weighted by atomic mass is 32.1. The SMILES string of the molecule is COC(=O)/C(=C\S)C(C)=O. The van der Waals surface area contributed by atoms with Crippen LogP contribution in [-0.4, -0.2) is 18.9 Å². The average Bonchev–Trinajstić information content (AvgIpc) is 1.88. The standard InChI is InChI=1S/C6H8O3S/c1-4(7)5(3-10)6(8)9-2/h3,10H,1-2H3/b5-3-. The van der Waals surface area contributed by atoms with E-state index < -0.39 is 5.97 Å². The van der Waals surface area contributed by atoms with Crippen LogP contribution in [0.3, 0.4) is 0 Å². The lowest BCUT2D eigenvalue weighted by atomic mass is 10.2. The van der Waals surface area contributed by atoms with Gasteiger partial charge in [-0.05, 0) is 12.3 Å². The zero-order valence-electron chi connectivity index (χ0n) is 5.75. The fourth-order valence-electron chi connectivity index (χ4n) is 0.397. The maximum Gasteiger partial charge on any atom is 0.341 e. The molecule has 0 saturated heterocycles. The highest BCUT2D eigenvalue weighted by Gasteiger charge is 2.12. The van der Waals surface area contributed by atoms with Gasteiger partial charge in [0.15, 0.2) is 5.78 Å². The molecule has 10 heavy (non-hydrogen) atoms. The van der Waals surface area contributed by atoms with E-state index in [1.54, 1.807) is 0 Å². The van der Waals surface area contributed by atoms with E-state index >= 15 is 0 Å². The van der Waals surface area contributed by atoms with Crippen molar-refractivity contribution in [1.82, 2.24) is 0 Å². The number of thiol groups is 1. The number of hydrogen-bond donors (Lipinski definition) is 1. The van der Waals surface area contributed by atoms with Gasteiger partial charge in [-0.2, -0.15) is 12.6 Å². The second-order valence-corrected chi connectivity index (χ2v) is 1.85. The Labute approximate surface area is 64.5 Å². The zero-order chi connectivity index (χ0) is 8.15. The normalized spacial score (nSPS) is 10.9. The van der Waals surface area contributed by atoms with Crippen LogP contribution in [-0.2, 0) is 14.3 Å². The number of rotatable bonds is 2. The van der Waals surface area contributed by atoms with E-state index in [4.69, 9.17) is 0 Å². The molecule has 0 aliphatic heterocycles. The molecule has 4 heteroatoms. The smallest absolute Gasteiger partial charge is 0.341 e. The molecular formula is C6H8O3S. The number of carbonyl (C=O) groups is 2. The van der Waals surface area contributed by atoms with Crippen LogP contribution >= 0.6 is 12.6 Å². The fourth-order valence-corrected chi connectivity index (χ4v) is 0.685. The van der Waals surface area contributed by atoms with Crippen molar-refractivity contribution in [3.8, 4) is 0 Å². The first-order valence-corrected chi connectivity index (χ1v) is 3.08. The summed E-state index contributed by atoms with van der Waals surface area (Å²) in [4.78, 5) is 21.2. The molecule has 0 unspecified atom stereocenters. The molecule has 0 aliphatic rings. The third-order valence-electron chi connectivity index (χ3n) is 0.914. The molecule has 0 aliphatic carbocycles. The lowest BCUT2D eigenvalue weighted by Crippen LogP contribution is -2.10. The topological polar surface area (TPSA) is 43.4 Å². The van der Waals surface area contributed by atoms with Gasteiger partial charge in [-0.15, -0.1) is 0 Å². The van der Waals surface area contributed by atoms with Gasteiger partial charge in [0.25, 0.3) is 0 Å². The summed E-state index contributed by atoms with van der Waals surface area (Å²) in [6.07, 6.45) is 0. The van der Waals surface area contributed by atoms with Gasteiger partial charge in [0, 0.05) is 0 Å². The molecule has 0 radical (unpaired) electrons. The molecular weight excluding hydrogens is 152 g/mol. The number of esters is 1. The number of methoxy groups -OCH3 is 1. The van der Waals surface area contributed by atoms with Crippen molar-refractivity contribution in [2.24, 2.45) is 0 Å². The minimum atomic E-state index is -0.650. The Bertz CT molecular complexity index is 183. The Morgan fingerprint density at radius 1 is 1.50 bits per heavy atom. The van der Waals surface area contributed by atoms with E-state index in [0.717, 1.165) is 5.41 Å². The van der Waals surface area contributed by atoms with E-state index in [1.807, 2.05) is 0 Å². The Morgan fingerprint density at radius 2 is 2.00 bits per heavy atom. The van der Waals surface area contributed by atoms with Crippen LogP contribution in [0.4, 0.5) is 0 Å². The van der Waals surface area contributed by atoms with Gasteiger partial charge in [0.2, 0.25) is 0 Å². The largest absolute Gasteiger partial charge is 0.465 e. The van der Waals surface area contributed by atoms with Gasteiger partial charge < -0.3 is 4.74 Å². The van der Waals surface area contributed by atoms with Crippen molar-refractivity contribution in [1.29, 1.82) is 0 Å². The van der Waals surface area contributed by atoms with Gasteiger partial charge in [-0.25, -0.2) is 4.79 Å². The van der Waals surface area contributed by atoms with Gasteiger partial charge in [-0.1, -0.05) is 0 Å². The summed E-state index contributed by atoms with van der Waals surface area (Å²) in [5.41, 5.74) is -0.0363. The Balaban J connectivity index is 4.39. The molecule has 0 spiro atoms. The minimum absolute atomic E-state index is 0.0363. The van der Waals surface area contributed by atoms with Crippen molar-refractivity contribution in [2.45, 2.75) is 6.92 Å². The Morgan fingerprint density at radius 3 is 2.10 bits per heavy atom. The quantitative estimate of drug-likeness (QED) is 0.211. The first-order valence-electron chi connectivity index (χ1n) is 2.57. The van der Waals surface area contributed by atoms with Crippen LogP contribution < -0.4 is 0 Å². The van der Waals surface area contributed by atoms with Gasteiger partial charge in [0.05, 0.1) is 7.11 Å². The summed E-state index contributed by atoms with van der Waals surface area (Å²) in [6, 6.07) is 0. The zero-order valence-corrected chi connectivity index (χ0v) is 6.64. The molecule has 0 saturated carbocycles. The Hall–Kier alpha value is -0.770. The van der Waals surface area contributed by atoms with E-state index in [-0.39, 0.29) is 11.4 Å². The van der Waals surface area contributed by atoms with Crippen molar-refractivity contribution < 1.29 is 14.3 Å². The first-order chi connectivity index (χ1) is 4.63. The molecule has 0 rings (SSSR count). The van der Waals surface area contributed by atoms with E-state index in [0.29, 0.717) is 0 Å². The van der Waals surface area contributed by atoms with Crippen molar-refractivity contribution >= 4 is 24.4 Å². The van der Waals surface area contributed by atoms with Crippen molar-refractivity contribution in [3.63, 3.8) is 0 Å². The predicted octanol–water partition coefficient (Wildman–Crippen LogP) is 0.562. The molecule has 0 aromatic heterocycles. The van der Waals surface area contributed by atoms with Crippen LogP contribution in [0.25, 0.3) is 0 Å². The first kappa shape index (κ1) is 9.23. The third kappa shape index (κ3) is 2.23. The summed E-state index contributed by atoms with van der Waals surface area (Å²) >= 11 is 3.66. The van der Waals surface area contributed by atoms with Crippen LogP contribution in [0, 0.1) is 0 Å². The molecule has 56 valence electrons. The molecule has 0 fully saturated rings. The summed E-state index contributed by atoms with van der Waals surface area (Å²) in [5, 5.41) is 1.13. The highest BCUT2D eigenvalue weighted by molar-refractivity contribution is 7.83.